The molecule has 0 bridgehead atoms. The van der Waals surface area contributed by atoms with Crippen molar-refractivity contribution in [1.29, 1.82) is 0 Å². The fourth-order valence-electron chi connectivity index (χ4n) is 1.08. The van der Waals surface area contributed by atoms with Gasteiger partial charge >= 0.3 is 58.4 Å². The molecular formula is C8H7BF5KO. The van der Waals surface area contributed by atoms with E-state index in [1.54, 1.807) is 0 Å². The molecule has 0 amide bonds. The Balaban J connectivity index is 0.00000225. The van der Waals surface area contributed by atoms with E-state index in [4.69, 9.17) is 0 Å². The van der Waals surface area contributed by atoms with Gasteiger partial charge in [-0.2, -0.15) is 0 Å². The normalized spacial score (nSPS) is 11.2. The van der Waals surface area contributed by atoms with E-state index in [9.17, 15) is 21.7 Å². The molecule has 8 heteroatoms. The second-order valence-corrected chi connectivity index (χ2v) is 2.91. The van der Waals surface area contributed by atoms with Crippen molar-refractivity contribution in [2.45, 2.75) is 6.43 Å². The fraction of sp³-hybridized carbons (Fsp3) is 0.250. The van der Waals surface area contributed by atoms with Crippen LogP contribution >= 0.6 is 0 Å². The summed E-state index contributed by atoms with van der Waals surface area (Å²) in [6, 6.07) is 2.02. The summed E-state index contributed by atoms with van der Waals surface area (Å²) in [6.45, 7) is -5.29. The Morgan fingerprint density at radius 3 is 2.06 bits per heavy atom. The zero-order valence-electron chi connectivity index (χ0n) is 8.68. The third-order valence-corrected chi connectivity index (χ3v) is 1.82. The smallest absolute Gasteiger partial charge is 0.497 e. The average molecular weight is 264 g/mol. The topological polar surface area (TPSA) is 9.23 Å². The van der Waals surface area contributed by atoms with Crippen LogP contribution in [0, 0.1) is 0 Å². The molecule has 1 nitrogen and oxygen atoms in total. The molecule has 0 aliphatic carbocycles. The summed E-state index contributed by atoms with van der Waals surface area (Å²) < 4.78 is 65.9. The van der Waals surface area contributed by atoms with E-state index < -0.39 is 24.4 Å². The first-order valence-electron chi connectivity index (χ1n) is 4.01. The quantitative estimate of drug-likeness (QED) is 0.537. The predicted molar refractivity (Wildman–Crippen MR) is 46.7 cm³/mol. The summed E-state index contributed by atoms with van der Waals surface area (Å²) >= 11 is 0. The van der Waals surface area contributed by atoms with Crippen LogP contribution in [0.2, 0.25) is 0 Å². The minimum atomic E-state index is -5.29. The van der Waals surface area contributed by atoms with Crippen LogP contribution in [0.1, 0.15) is 12.0 Å². The first-order chi connectivity index (χ1) is 6.84. The number of benzene rings is 1. The number of methoxy groups -OCH3 is 1. The summed E-state index contributed by atoms with van der Waals surface area (Å²) in [7, 11) is 1.12. The predicted octanol–water partition coefficient (Wildman–Crippen LogP) is -0.309. The average Bonchev–Trinajstić information content (AvgIpc) is 2.15. The molecule has 0 aliphatic heterocycles. The molecule has 0 saturated carbocycles. The van der Waals surface area contributed by atoms with Gasteiger partial charge in [-0.05, 0) is 12.1 Å². The second-order valence-electron chi connectivity index (χ2n) is 2.91. The van der Waals surface area contributed by atoms with Gasteiger partial charge in [-0.15, -0.1) is 5.46 Å². The molecule has 0 saturated heterocycles. The summed E-state index contributed by atoms with van der Waals surface area (Å²) in [5, 5.41) is 0. The molecule has 0 radical (unpaired) electrons. The van der Waals surface area contributed by atoms with Crippen molar-refractivity contribution in [3.8, 4) is 5.75 Å². The molecule has 0 unspecified atom stereocenters. The van der Waals surface area contributed by atoms with Gasteiger partial charge in [-0.3, -0.25) is 0 Å². The van der Waals surface area contributed by atoms with Gasteiger partial charge in [0.25, 0.3) is 6.43 Å². The molecule has 16 heavy (non-hydrogen) atoms. The van der Waals surface area contributed by atoms with Gasteiger partial charge in [-0.25, -0.2) is 8.78 Å². The molecule has 0 fully saturated rings. The van der Waals surface area contributed by atoms with E-state index in [1.165, 1.54) is 0 Å². The summed E-state index contributed by atoms with van der Waals surface area (Å²) in [4.78, 5) is 0. The monoisotopic (exact) mass is 264 g/mol. The largest absolute Gasteiger partial charge is 1.00 e. The molecule has 1 aromatic carbocycles. The SMILES string of the molecule is COc1cc(C(F)F)cc([B-](F)(F)F)c1.[K+]. The van der Waals surface area contributed by atoms with Gasteiger partial charge in [0, 0.05) is 5.56 Å². The third kappa shape index (κ3) is 4.33. The van der Waals surface area contributed by atoms with Gasteiger partial charge in [0.2, 0.25) is 0 Å². The Labute approximate surface area is 132 Å². The second kappa shape index (κ2) is 6.34. The van der Waals surface area contributed by atoms with Crippen molar-refractivity contribution < 1.29 is 77.8 Å². The van der Waals surface area contributed by atoms with Crippen LogP contribution in [-0.2, 0) is 0 Å². The molecule has 0 atom stereocenters. The third-order valence-electron chi connectivity index (χ3n) is 1.82. The summed E-state index contributed by atoms with van der Waals surface area (Å²) in [5.41, 5.74) is -1.77. The number of ether oxygens (including phenoxy) is 1. The molecule has 1 rings (SSSR count). The van der Waals surface area contributed by atoms with E-state index in [1.807, 2.05) is 0 Å². The Kier molecular flexibility index (Phi) is 6.49. The van der Waals surface area contributed by atoms with Crippen molar-refractivity contribution >= 4 is 12.4 Å². The van der Waals surface area contributed by atoms with E-state index in [2.05, 4.69) is 4.74 Å². The number of rotatable bonds is 3. The zero-order chi connectivity index (χ0) is 11.6. The Morgan fingerprint density at radius 1 is 1.12 bits per heavy atom. The molecule has 0 spiro atoms. The number of hydrogen-bond donors (Lipinski definition) is 0. The standard InChI is InChI=1S/C8H7BF5O.K/c1-15-7-3-5(8(10)11)2-6(4-7)9(12,13)14;/h2-4,8H,1H3;/q-1;+1. The van der Waals surface area contributed by atoms with Crippen LogP contribution in [0.4, 0.5) is 21.7 Å². The molecule has 0 heterocycles. The van der Waals surface area contributed by atoms with Gasteiger partial charge in [0.05, 0.1) is 7.11 Å². The van der Waals surface area contributed by atoms with Gasteiger partial charge in [0.15, 0.2) is 0 Å². The Bertz CT molecular complexity index is 355. The maximum Gasteiger partial charge on any atom is 1.00 e. The van der Waals surface area contributed by atoms with E-state index in [-0.39, 0.29) is 57.1 Å². The Morgan fingerprint density at radius 2 is 1.69 bits per heavy atom. The van der Waals surface area contributed by atoms with Crippen molar-refractivity contribution in [1.82, 2.24) is 0 Å². The maximum atomic E-state index is 12.3. The molecule has 84 valence electrons. The van der Waals surface area contributed by atoms with Crippen molar-refractivity contribution in [2.24, 2.45) is 0 Å². The zero-order valence-corrected chi connectivity index (χ0v) is 11.8. The van der Waals surface area contributed by atoms with Gasteiger partial charge in [-0.1, -0.05) is 6.07 Å². The Hall–Kier alpha value is 0.371. The molecule has 0 aliphatic rings. The summed E-state index contributed by atoms with van der Waals surface area (Å²) in [5.74, 6) is -0.220. The van der Waals surface area contributed by atoms with Crippen LogP contribution in [0.15, 0.2) is 18.2 Å². The minimum absolute atomic E-state index is 0. The fourth-order valence-corrected chi connectivity index (χ4v) is 1.08. The minimum Gasteiger partial charge on any atom is -0.497 e. The van der Waals surface area contributed by atoms with Gasteiger partial charge in [0.1, 0.15) is 5.75 Å². The van der Waals surface area contributed by atoms with Crippen LogP contribution in [0.25, 0.3) is 0 Å². The van der Waals surface area contributed by atoms with Crippen LogP contribution in [0.5, 0.6) is 5.75 Å². The van der Waals surface area contributed by atoms with Crippen molar-refractivity contribution in [3.05, 3.63) is 23.8 Å². The van der Waals surface area contributed by atoms with E-state index >= 15 is 0 Å². The van der Waals surface area contributed by atoms with Gasteiger partial charge < -0.3 is 17.7 Å². The molecule has 0 N–H and O–H groups in total. The van der Waals surface area contributed by atoms with Crippen LogP contribution in [-0.4, -0.2) is 14.1 Å². The molecule has 0 aromatic heterocycles. The van der Waals surface area contributed by atoms with E-state index in [0.717, 1.165) is 13.2 Å². The van der Waals surface area contributed by atoms with Crippen LogP contribution < -0.4 is 61.6 Å². The summed E-state index contributed by atoms with van der Waals surface area (Å²) in [6.07, 6.45) is -2.95. The number of halogens is 5. The number of alkyl halides is 2. The first kappa shape index (κ1) is 16.4. The van der Waals surface area contributed by atoms with Crippen molar-refractivity contribution in [2.75, 3.05) is 7.11 Å². The maximum absolute atomic E-state index is 12.3. The van der Waals surface area contributed by atoms with Crippen LogP contribution in [0.3, 0.4) is 0 Å². The molecule has 1 aromatic rings. The number of hydrogen-bond acceptors (Lipinski definition) is 1. The van der Waals surface area contributed by atoms with E-state index in [0.29, 0.717) is 12.1 Å². The first-order valence-corrected chi connectivity index (χ1v) is 4.01. The molecular weight excluding hydrogens is 257 g/mol. The van der Waals surface area contributed by atoms with Crippen molar-refractivity contribution in [3.63, 3.8) is 0 Å².